The van der Waals surface area contributed by atoms with Gasteiger partial charge in [0, 0.05) is 12.1 Å². The molecule has 2 aliphatic rings. The molecule has 2 N–H and O–H groups in total. The number of likely N-dealkylation sites (tertiary alicyclic amines) is 1. The Morgan fingerprint density at radius 1 is 1.16 bits per heavy atom. The maximum absolute atomic E-state index is 12.8. The Balaban J connectivity index is 1.50. The number of nitrogens with zero attached hydrogens (tertiary/aromatic N) is 1. The highest BCUT2D eigenvalue weighted by molar-refractivity contribution is 5.82. The summed E-state index contributed by atoms with van der Waals surface area (Å²) in [5.41, 5.74) is 1.20. The molecule has 0 radical (unpaired) electrons. The molecule has 4 heteroatoms. The van der Waals surface area contributed by atoms with Crippen molar-refractivity contribution in [1.82, 2.24) is 10.2 Å². The summed E-state index contributed by atoms with van der Waals surface area (Å²) >= 11 is 0. The first-order chi connectivity index (χ1) is 12.1. The van der Waals surface area contributed by atoms with Crippen molar-refractivity contribution in [3.63, 3.8) is 0 Å². The van der Waals surface area contributed by atoms with Crippen LogP contribution in [0.15, 0.2) is 24.3 Å². The van der Waals surface area contributed by atoms with E-state index < -0.39 is 0 Å². The summed E-state index contributed by atoms with van der Waals surface area (Å²) in [6, 6.07) is 8.23. The fourth-order valence-electron chi connectivity index (χ4n) is 4.37. The molecule has 1 aromatic carbocycles. The molecule has 1 aromatic rings. The highest BCUT2D eigenvalue weighted by atomic mass is 16.3. The highest BCUT2D eigenvalue weighted by Crippen LogP contribution is 2.29. The standard InChI is InChI=1S/C21H32N2O2/c1-16(9-10-17-11-13-19(24)14-12-17)22-21(25)20-8-4-5-15-23(20)18-6-2-3-7-18/h11-14,16,18,20,24H,2-10,15H2,1H3,(H,22,25)/t16-,20-/m0/s1. The quantitative estimate of drug-likeness (QED) is 0.828. The number of phenolic OH excluding ortho intramolecular Hbond substituents is 1. The molecule has 0 spiro atoms. The van der Waals surface area contributed by atoms with E-state index in [9.17, 15) is 9.90 Å². The zero-order valence-electron chi connectivity index (χ0n) is 15.4. The normalized spacial score (nSPS) is 23.5. The predicted molar refractivity (Wildman–Crippen MR) is 101 cm³/mol. The Morgan fingerprint density at radius 3 is 2.56 bits per heavy atom. The van der Waals surface area contributed by atoms with Gasteiger partial charge in [-0.3, -0.25) is 9.69 Å². The average molecular weight is 344 g/mol. The maximum atomic E-state index is 12.8. The molecule has 1 amide bonds. The first kappa shape index (κ1) is 18.2. The second kappa shape index (κ2) is 8.70. The van der Waals surface area contributed by atoms with Crippen molar-refractivity contribution in [3.8, 4) is 5.75 Å². The molecule has 1 heterocycles. The molecule has 2 atom stereocenters. The van der Waals surface area contributed by atoms with Gasteiger partial charge in [-0.15, -0.1) is 0 Å². The molecule has 0 unspecified atom stereocenters. The molecule has 138 valence electrons. The fourth-order valence-corrected chi connectivity index (χ4v) is 4.37. The number of phenols is 1. The molecule has 1 aliphatic carbocycles. The van der Waals surface area contributed by atoms with Crippen LogP contribution in [0.1, 0.15) is 63.9 Å². The van der Waals surface area contributed by atoms with Gasteiger partial charge in [0.15, 0.2) is 0 Å². The van der Waals surface area contributed by atoms with Crippen LogP contribution in [0, 0.1) is 0 Å². The first-order valence-corrected chi connectivity index (χ1v) is 9.97. The van der Waals surface area contributed by atoms with Crippen molar-refractivity contribution in [2.24, 2.45) is 0 Å². The Bertz CT molecular complexity index is 552. The molecular formula is C21H32N2O2. The molecule has 25 heavy (non-hydrogen) atoms. The van der Waals surface area contributed by atoms with Gasteiger partial charge in [-0.2, -0.15) is 0 Å². The van der Waals surface area contributed by atoms with E-state index in [0.29, 0.717) is 11.8 Å². The van der Waals surface area contributed by atoms with Gasteiger partial charge < -0.3 is 10.4 Å². The van der Waals surface area contributed by atoms with Crippen LogP contribution in [-0.2, 0) is 11.2 Å². The van der Waals surface area contributed by atoms with Crippen LogP contribution >= 0.6 is 0 Å². The van der Waals surface area contributed by atoms with Gasteiger partial charge in [-0.05, 0) is 69.7 Å². The minimum atomic E-state index is 0.0768. The van der Waals surface area contributed by atoms with Gasteiger partial charge in [0.2, 0.25) is 5.91 Å². The summed E-state index contributed by atoms with van der Waals surface area (Å²) in [7, 11) is 0. The van der Waals surface area contributed by atoms with Gasteiger partial charge in [-0.1, -0.05) is 31.4 Å². The summed E-state index contributed by atoms with van der Waals surface area (Å²) in [5.74, 6) is 0.527. The number of benzene rings is 1. The second-order valence-corrected chi connectivity index (χ2v) is 7.80. The van der Waals surface area contributed by atoms with E-state index in [1.165, 1.54) is 44.1 Å². The van der Waals surface area contributed by atoms with E-state index in [1.54, 1.807) is 12.1 Å². The molecule has 1 aliphatic heterocycles. The first-order valence-electron chi connectivity index (χ1n) is 9.97. The van der Waals surface area contributed by atoms with E-state index in [2.05, 4.69) is 17.1 Å². The van der Waals surface area contributed by atoms with Crippen molar-refractivity contribution in [2.45, 2.75) is 82.8 Å². The summed E-state index contributed by atoms with van der Waals surface area (Å²) in [5, 5.41) is 12.6. The lowest BCUT2D eigenvalue weighted by molar-refractivity contribution is -0.129. The number of rotatable bonds is 6. The third-order valence-electron chi connectivity index (χ3n) is 5.83. The van der Waals surface area contributed by atoms with Crippen molar-refractivity contribution in [3.05, 3.63) is 29.8 Å². The molecule has 0 bridgehead atoms. The van der Waals surface area contributed by atoms with Crippen LogP contribution in [0.3, 0.4) is 0 Å². The zero-order chi connectivity index (χ0) is 17.6. The van der Waals surface area contributed by atoms with E-state index in [-0.39, 0.29) is 18.0 Å². The molecule has 4 nitrogen and oxygen atoms in total. The summed E-state index contributed by atoms with van der Waals surface area (Å²) in [6.07, 6.45) is 10.4. The third-order valence-corrected chi connectivity index (χ3v) is 5.83. The van der Waals surface area contributed by atoms with Gasteiger partial charge in [-0.25, -0.2) is 0 Å². The monoisotopic (exact) mass is 344 g/mol. The molecule has 3 rings (SSSR count). The number of piperidine rings is 1. The maximum Gasteiger partial charge on any atom is 0.237 e. The Labute approximate surface area is 151 Å². The number of aryl methyl sites for hydroxylation is 1. The molecule has 0 aromatic heterocycles. The van der Waals surface area contributed by atoms with Crippen molar-refractivity contribution < 1.29 is 9.90 Å². The van der Waals surface area contributed by atoms with E-state index in [4.69, 9.17) is 0 Å². The number of amides is 1. The fraction of sp³-hybridized carbons (Fsp3) is 0.667. The van der Waals surface area contributed by atoms with Gasteiger partial charge >= 0.3 is 0 Å². The van der Waals surface area contributed by atoms with Crippen LogP contribution < -0.4 is 5.32 Å². The number of nitrogens with one attached hydrogen (secondary N) is 1. The topological polar surface area (TPSA) is 52.6 Å². The van der Waals surface area contributed by atoms with Crippen molar-refractivity contribution in [2.75, 3.05) is 6.54 Å². The SMILES string of the molecule is C[C@@H](CCc1ccc(O)cc1)NC(=O)[C@@H]1CCCCN1C1CCCC1. The smallest absolute Gasteiger partial charge is 0.237 e. The number of hydrogen-bond acceptors (Lipinski definition) is 3. The second-order valence-electron chi connectivity index (χ2n) is 7.80. The lowest BCUT2D eigenvalue weighted by Crippen LogP contribution is -2.54. The summed E-state index contributed by atoms with van der Waals surface area (Å²) in [4.78, 5) is 15.3. The Kier molecular flexibility index (Phi) is 6.35. The van der Waals surface area contributed by atoms with E-state index in [0.717, 1.165) is 25.8 Å². The number of hydrogen-bond donors (Lipinski definition) is 2. The number of carbonyl (C=O) groups is 1. The summed E-state index contributed by atoms with van der Waals surface area (Å²) < 4.78 is 0. The predicted octanol–water partition coefficient (Wildman–Crippen LogP) is 3.63. The van der Waals surface area contributed by atoms with Crippen molar-refractivity contribution >= 4 is 5.91 Å². The number of carbonyl (C=O) groups excluding carboxylic acids is 1. The van der Waals surface area contributed by atoms with Gasteiger partial charge in [0.1, 0.15) is 5.75 Å². The van der Waals surface area contributed by atoms with Crippen molar-refractivity contribution in [1.29, 1.82) is 0 Å². The summed E-state index contributed by atoms with van der Waals surface area (Å²) in [6.45, 7) is 3.19. The largest absolute Gasteiger partial charge is 0.508 e. The zero-order valence-corrected chi connectivity index (χ0v) is 15.4. The Morgan fingerprint density at radius 2 is 1.84 bits per heavy atom. The van der Waals surface area contributed by atoms with Crippen LogP contribution in [0.25, 0.3) is 0 Å². The molecule has 1 saturated heterocycles. The molecule has 1 saturated carbocycles. The molecule has 2 fully saturated rings. The lowest BCUT2D eigenvalue weighted by Gasteiger charge is -2.39. The van der Waals surface area contributed by atoms with Gasteiger partial charge in [0.05, 0.1) is 6.04 Å². The van der Waals surface area contributed by atoms with Crippen LogP contribution in [0.4, 0.5) is 0 Å². The van der Waals surface area contributed by atoms with E-state index >= 15 is 0 Å². The third kappa shape index (κ3) is 4.97. The highest BCUT2D eigenvalue weighted by Gasteiger charge is 2.34. The molecular weight excluding hydrogens is 312 g/mol. The van der Waals surface area contributed by atoms with E-state index in [1.807, 2.05) is 12.1 Å². The Hall–Kier alpha value is -1.55. The minimum Gasteiger partial charge on any atom is -0.508 e. The minimum absolute atomic E-state index is 0.0768. The number of aromatic hydroxyl groups is 1. The lowest BCUT2D eigenvalue weighted by atomic mass is 9.97. The average Bonchev–Trinajstić information content (AvgIpc) is 3.16. The van der Waals surface area contributed by atoms with Crippen LogP contribution in [-0.4, -0.2) is 40.6 Å². The van der Waals surface area contributed by atoms with Crippen LogP contribution in [0.5, 0.6) is 5.75 Å². The van der Waals surface area contributed by atoms with Gasteiger partial charge in [0.25, 0.3) is 0 Å². The van der Waals surface area contributed by atoms with Crippen LogP contribution in [0.2, 0.25) is 0 Å².